The zero-order chi connectivity index (χ0) is 14.7. The molecule has 4 heteroatoms. The third-order valence-electron chi connectivity index (χ3n) is 3.32. The first-order valence-corrected chi connectivity index (χ1v) is 7.24. The van der Waals surface area contributed by atoms with E-state index in [4.69, 9.17) is 5.11 Å². The highest BCUT2D eigenvalue weighted by Gasteiger charge is 2.16. The Hall–Kier alpha value is -0.870. The maximum Gasteiger partial charge on any atom is 0.222 e. The quantitative estimate of drug-likeness (QED) is 0.485. The van der Waals surface area contributed by atoms with Crippen LogP contribution in [0.5, 0.6) is 0 Å². The van der Waals surface area contributed by atoms with Crippen LogP contribution >= 0.6 is 0 Å². The topological polar surface area (TPSA) is 40.5 Å². The Bertz CT molecular complexity index is 275. The predicted octanol–water partition coefficient (Wildman–Crippen LogP) is 1.65. The number of unbranched alkanes of at least 4 members (excludes halogenated alkanes) is 1. The number of aliphatic hydroxyl groups excluding tert-OH is 1. The first kappa shape index (κ1) is 18.1. The average Bonchev–Trinajstić information content (AvgIpc) is 2.35. The van der Waals surface area contributed by atoms with Gasteiger partial charge in [-0.05, 0) is 12.8 Å². The molecule has 0 aromatic carbocycles. The minimum atomic E-state index is 0.187. The molecule has 0 aliphatic rings. The number of rotatable bonds is 10. The van der Waals surface area contributed by atoms with E-state index < -0.39 is 0 Å². The Morgan fingerprint density at radius 2 is 1.84 bits per heavy atom. The molecule has 4 nitrogen and oxygen atoms in total. The molecule has 0 bridgehead atoms. The summed E-state index contributed by atoms with van der Waals surface area (Å²) in [6.45, 7) is 4.67. The van der Waals surface area contributed by atoms with Gasteiger partial charge in [0.2, 0.25) is 5.91 Å². The van der Waals surface area contributed by atoms with Gasteiger partial charge in [-0.2, -0.15) is 0 Å². The summed E-state index contributed by atoms with van der Waals surface area (Å²) >= 11 is 0. The zero-order valence-corrected chi connectivity index (χ0v) is 13.1. The van der Waals surface area contributed by atoms with Crippen molar-refractivity contribution in [3.05, 3.63) is 12.2 Å². The van der Waals surface area contributed by atoms with Crippen molar-refractivity contribution in [3.8, 4) is 0 Å². The molecule has 1 amide bonds. The standard InChI is InChI=1S/C15H31N2O2/c1-5-6-7-8-9-10-15(19)16(2)11-12-17(3,4)13-14-18/h7-8,18H,5-6,9-14H2,1-4H3/q+1/b8-7+. The number of nitrogens with zero attached hydrogens (tertiary/aromatic N) is 2. The van der Waals surface area contributed by atoms with Gasteiger partial charge in [0.05, 0.1) is 33.8 Å². The fourth-order valence-electron chi connectivity index (χ4n) is 1.73. The second-order valence-electron chi connectivity index (χ2n) is 5.72. The van der Waals surface area contributed by atoms with Crippen LogP contribution < -0.4 is 0 Å². The lowest BCUT2D eigenvalue weighted by atomic mass is 10.2. The molecule has 0 rings (SSSR count). The summed E-state index contributed by atoms with van der Waals surface area (Å²) in [7, 11) is 6.00. The summed E-state index contributed by atoms with van der Waals surface area (Å²) in [5.74, 6) is 0.199. The molecule has 0 atom stereocenters. The number of likely N-dealkylation sites (N-methyl/N-ethyl adjacent to an activating group) is 2. The molecule has 112 valence electrons. The predicted molar refractivity (Wildman–Crippen MR) is 79.8 cm³/mol. The Kier molecular flexibility index (Phi) is 9.53. The highest BCUT2D eigenvalue weighted by molar-refractivity contribution is 5.75. The lowest BCUT2D eigenvalue weighted by Crippen LogP contribution is -2.47. The molecule has 0 radical (unpaired) electrons. The van der Waals surface area contributed by atoms with E-state index in [0.717, 1.165) is 43.4 Å². The van der Waals surface area contributed by atoms with Gasteiger partial charge in [0, 0.05) is 13.5 Å². The van der Waals surface area contributed by atoms with Gasteiger partial charge in [0.1, 0.15) is 6.54 Å². The summed E-state index contributed by atoms with van der Waals surface area (Å²) in [6, 6.07) is 0. The summed E-state index contributed by atoms with van der Waals surface area (Å²) in [4.78, 5) is 13.7. The number of hydrogen-bond acceptors (Lipinski definition) is 2. The Labute approximate surface area is 118 Å². The summed E-state index contributed by atoms with van der Waals surface area (Å²) in [5.41, 5.74) is 0. The van der Waals surface area contributed by atoms with E-state index >= 15 is 0 Å². The Balaban J connectivity index is 3.87. The number of carbonyl (C=O) groups is 1. The lowest BCUT2D eigenvalue weighted by molar-refractivity contribution is -0.890. The molecule has 0 spiro atoms. The third kappa shape index (κ3) is 9.68. The van der Waals surface area contributed by atoms with Crippen LogP contribution in [-0.2, 0) is 4.79 Å². The highest BCUT2D eigenvalue weighted by Crippen LogP contribution is 2.01. The number of quaternary nitrogens is 1. The molecule has 0 saturated heterocycles. The molecule has 0 unspecified atom stereocenters. The molecule has 0 aromatic heterocycles. The van der Waals surface area contributed by atoms with Gasteiger partial charge >= 0.3 is 0 Å². The van der Waals surface area contributed by atoms with E-state index in [-0.39, 0.29) is 12.5 Å². The highest BCUT2D eigenvalue weighted by atomic mass is 16.3. The van der Waals surface area contributed by atoms with Crippen molar-refractivity contribution < 1.29 is 14.4 Å². The molecule has 0 aliphatic carbocycles. The van der Waals surface area contributed by atoms with Crippen LogP contribution in [-0.4, -0.2) is 67.8 Å². The minimum absolute atomic E-state index is 0.187. The van der Waals surface area contributed by atoms with Gasteiger partial charge < -0.3 is 14.5 Å². The first-order chi connectivity index (χ1) is 8.93. The molecule has 0 fully saturated rings. The van der Waals surface area contributed by atoms with E-state index in [2.05, 4.69) is 33.2 Å². The third-order valence-corrected chi connectivity index (χ3v) is 3.32. The molecule has 0 aliphatic heterocycles. The fourth-order valence-corrected chi connectivity index (χ4v) is 1.73. The van der Waals surface area contributed by atoms with Crippen molar-refractivity contribution in [2.24, 2.45) is 0 Å². The zero-order valence-electron chi connectivity index (χ0n) is 13.1. The fraction of sp³-hybridized carbons (Fsp3) is 0.800. The van der Waals surface area contributed by atoms with Gasteiger partial charge in [-0.15, -0.1) is 0 Å². The van der Waals surface area contributed by atoms with Gasteiger partial charge in [-0.25, -0.2) is 0 Å². The van der Waals surface area contributed by atoms with Crippen molar-refractivity contribution in [2.45, 2.75) is 32.6 Å². The summed E-state index contributed by atoms with van der Waals surface area (Å²) in [5, 5.41) is 8.96. The largest absolute Gasteiger partial charge is 0.391 e. The first-order valence-electron chi connectivity index (χ1n) is 7.24. The molecule has 1 N–H and O–H groups in total. The van der Waals surface area contributed by atoms with Crippen LogP contribution in [0.25, 0.3) is 0 Å². The van der Waals surface area contributed by atoms with Crippen molar-refractivity contribution in [1.29, 1.82) is 0 Å². The maximum absolute atomic E-state index is 11.9. The second-order valence-corrected chi connectivity index (χ2v) is 5.72. The minimum Gasteiger partial charge on any atom is -0.391 e. The van der Waals surface area contributed by atoms with E-state index in [1.165, 1.54) is 0 Å². The van der Waals surface area contributed by atoms with Crippen molar-refractivity contribution in [1.82, 2.24) is 4.90 Å². The van der Waals surface area contributed by atoms with Gasteiger partial charge in [-0.1, -0.05) is 25.5 Å². The molecule has 0 saturated carbocycles. The smallest absolute Gasteiger partial charge is 0.222 e. The van der Waals surface area contributed by atoms with E-state index in [0.29, 0.717) is 6.42 Å². The Morgan fingerprint density at radius 1 is 1.21 bits per heavy atom. The monoisotopic (exact) mass is 271 g/mol. The van der Waals surface area contributed by atoms with E-state index in [1.54, 1.807) is 4.90 Å². The van der Waals surface area contributed by atoms with Gasteiger partial charge in [0.15, 0.2) is 0 Å². The number of carbonyl (C=O) groups excluding carboxylic acids is 1. The van der Waals surface area contributed by atoms with Gasteiger partial charge in [0.25, 0.3) is 0 Å². The molecule has 19 heavy (non-hydrogen) atoms. The van der Waals surface area contributed by atoms with Crippen LogP contribution in [0, 0.1) is 0 Å². The van der Waals surface area contributed by atoms with Crippen LogP contribution in [0.1, 0.15) is 32.6 Å². The molecule has 0 aromatic rings. The number of hydrogen-bond donors (Lipinski definition) is 1. The normalized spacial score (nSPS) is 12.1. The van der Waals surface area contributed by atoms with Crippen LogP contribution in [0.15, 0.2) is 12.2 Å². The van der Waals surface area contributed by atoms with Crippen molar-refractivity contribution >= 4 is 5.91 Å². The van der Waals surface area contributed by atoms with Crippen molar-refractivity contribution in [3.63, 3.8) is 0 Å². The van der Waals surface area contributed by atoms with E-state index in [9.17, 15) is 4.79 Å². The summed E-state index contributed by atoms with van der Waals surface area (Å²) in [6.07, 6.45) is 7.91. The maximum atomic E-state index is 11.9. The van der Waals surface area contributed by atoms with Crippen molar-refractivity contribution in [2.75, 3.05) is 47.4 Å². The molecular formula is C15H31N2O2+. The van der Waals surface area contributed by atoms with Crippen LogP contribution in [0.2, 0.25) is 0 Å². The number of amides is 1. The number of allylic oxidation sites excluding steroid dienone is 2. The second kappa shape index (κ2) is 9.98. The number of aliphatic hydroxyl groups is 1. The SMILES string of the molecule is CCC/C=C/CCC(=O)N(C)CC[N+](C)(C)CCO. The average molecular weight is 271 g/mol. The lowest BCUT2D eigenvalue weighted by Gasteiger charge is -2.31. The van der Waals surface area contributed by atoms with Gasteiger partial charge in [-0.3, -0.25) is 4.79 Å². The molecular weight excluding hydrogens is 240 g/mol. The summed E-state index contributed by atoms with van der Waals surface area (Å²) < 4.78 is 0.741. The molecule has 0 heterocycles. The van der Waals surface area contributed by atoms with Crippen LogP contribution in [0.4, 0.5) is 0 Å². The Morgan fingerprint density at radius 3 is 2.42 bits per heavy atom. The van der Waals surface area contributed by atoms with E-state index in [1.807, 2.05) is 7.05 Å². The van der Waals surface area contributed by atoms with Crippen LogP contribution in [0.3, 0.4) is 0 Å².